The van der Waals surface area contributed by atoms with E-state index in [4.69, 9.17) is 11.6 Å². The zero-order chi connectivity index (χ0) is 21.7. The van der Waals surface area contributed by atoms with Crippen LogP contribution in [0.15, 0.2) is 30.3 Å². The van der Waals surface area contributed by atoms with Crippen molar-refractivity contribution >= 4 is 56.8 Å². The number of ketones is 1. The highest BCUT2D eigenvalue weighted by Gasteiger charge is 2.35. The van der Waals surface area contributed by atoms with Crippen molar-refractivity contribution in [1.82, 2.24) is 4.57 Å². The minimum absolute atomic E-state index is 0.0000834. The van der Waals surface area contributed by atoms with Crippen LogP contribution in [0.2, 0.25) is 5.02 Å². The fourth-order valence-electron chi connectivity index (χ4n) is 4.48. The first-order chi connectivity index (χ1) is 14.2. The van der Waals surface area contributed by atoms with Gasteiger partial charge in [-0.15, -0.1) is 0 Å². The fraction of sp³-hybridized carbons (Fsp3) is 0.304. The van der Waals surface area contributed by atoms with E-state index in [1.54, 1.807) is 18.2 Å². The zero-order valence-corrected chi connectivity index (χ0v) is 19.4. The van der Waals surface area contributed by atoms with Gasteiger partial charge in [0.25, 0.3) is 0 Å². The topological polar surface area (TPSA) is 59.3 Å². The molecule has 7 heteroatoms. The van der Waals surface area contributed by atoms with Gasteiger partial charge in [0, 0.05) is 37.7 Å². The lowest BCUT2D eigenvalue weighted by Gasteiger charge is -2.14. The molecular weight excluding hydrogens is 520 g/mol. The van der Waals surface area contributed by atoms with Crippen LogP contribution in [0.25, 0.3) is 10.9 Å². The molecule has 3 aromatic rings. The standard InChI is InChI=1S/C23H20ClFINO3/c1-11(2)16-9-14(25)10-18-20(16)21(22-12(7-19(28)29)5-6-27(18)22)23(30)15-4-3-13(24)8-17(15)26/h3-4,8-12H,5-7H2,1-2H3,(H,28,29)/t12-/m1/s1. The largest absolute Gasteiger partial charge is 0.481 e. The third-order valence-corrected chi connectivity index (χ3v) is 6.86. The predicted octanol–water partition coefficient (Wildman–Crippen LogP) is 6.35. The second-order valence-electron chi connectivity index (χ2n) is 7.99. The molecule has 30 heavy (non-hydrogen) atoms. The molecule has 2 aromatic carbocycles. The summed E-state index contributed by atoms with van der Waals surface area (Å²) >= 11 is 8.16. The van der Waals surface area contributed by atoms with Crippen LogP contribution in [0.1, 0.15) is 65.7 Å². The summed E-state index contributed by atoms with van der Waals surface area (Å²) in [5.41, 5.74) is 3.13. The van der Waals surface area contributed by atoms with E-state index < -0.39 is 5.97 Å². The Labute approximate surface area is 192 Å². The van der Waals surface area contributed by atoms with E-state index in [0.29, 0.717) is 40.3 Å². The van der Waals surface area contributed by atoms with Gasteiger partial charge < -0.3 is 9.67 Å². The van der Waals surface area contributed by atoms with E-state index in [9.17, 15) is 19.1 Å². The normalized spacial score (nSPS) is 15.7. The lowest BCUT2D eigenvalue weighted by Crippen LogP contribution is -2.11. The number of rotatable bonds is 5. The van der Waals surface area contributed by atoms with Crippen molar-refractivity contribution < 1.29 is 19.1 Å². The third kappa shape index (κ3) is 3.54. The van der Waals surface area contributed by atoms with Crippen LogP contribution in [0.3, 0.4) is 0 Å². The highest BCUT2D eigenvalue weighted by molar-refractivity contribution is 14.1. The number of carbonyl (C=O) groups excluding carboxylic acids is 1. The molecule has 4 rings (SSSR count). The summed E-state index contributed by atoms with van der Waals surface area (Å²) in [7, 11) is 0. The first kappa shape index (κ1) is 21.3. The van der Waals surface area contributed by atoms with Gasteiger partial charge in [0.1, 0.15) is 5.82 Å². The number of aryl methyl sites for hydroxylation is 1. The number of carbonyl (C=O) groups is 2. The van der Waals surface area contributed by atoms with Crippen molar-refractivity contribution in [2.24, 2.45) is 0 Å². The number of carboxylic acids is 1. The molecule has 0 bridgehead atoms. The SMILES string of the molecule is CC(C)c1cc(F)cc2c1c(C(=O)c1ccc(Cl)cc1I)c1n2CC[C@@H]1CC(=O)O. The smallest absolute Gasteiger partial charge is 0.304 e. The van der Waals surface area contributed by atoms with Gasteiger partial charge >= 0.3 is 5.97 Å². The van der Waals surface area contributed by atoms with Crippen LogP contribution >= 0.6 is 34.2 Å². The Morgan fingerprint density at radius 3 is 2.67 bits per heavy atom. The second-order valence-corrected chi connectivity index (χ2v) is 9.59. The van der Waals surface area contributed by atoms with Crippen molar-refractivity contribution in [2.45, 2.75) is 45.1 Å². The van der Waals surface area contributed by atoms with Crippen molar-refractivity contribution in [3.8, 4) is 0 Å². The van der Waals surface area contributed by atoms with E-state index in [1.807, 2.05) is 18.4 Å². The highest BCUT2D eigenvalue weighted by Crippen LogP contribution is 2.44. The minimum atomic E-state index is -0.909. The Bertz CT molecular complexity index is 1200. The first-order valence-electron chi connectivity index (χ1n) is 9.76. The molecule has 156 valence electrons. The van der Waals surface area contributed by atoms with Crippen LogP contribution in [0.5, 0.6) is 0 Å². The fourth-order valence-corrected chi connectivity index (χ4v) is 5.60. The van der Waals surface area contributed by atoms with Gasteiger partial charge in [0.05, 0.1) is 17.5 Å². The van der Waals surface area contributed by atoms with E-state index in [1.165, 1.54) is 12.1 Å². The lowest BCUT2D eigenvalue weighted by atomic mass is 9.88. The highest BCUT2D eigenvalue weighted by atomic mass is 127. The van der Waals surface area contributed by atoms with Gasteiger partial charge in [-0.25, -0.2) is 4.39 Å². The average molecular weight is 540 g/mol. The summed E-state index contributed by atoms with van der Waals surface area (Å²) in [5, 5.41) is 10.7. The maximum Gasteiger partial charge on any atom is 0.304 e. The van der Waals surface area contributed by atoms with Gasteiger partial charge in [-0.05, 0) is 70.8 Å². The van der Waals surface area contributed by atoms with Crippen LogP contribution < -0.4 is 0 Å². The molecule has 0 unspecified atom stereocenters. The van der Waals surface area contributed by atoms with Gasteiger partial charge in [0.2, 0.25) is 0 Å². The number of aromatic nitrogens is 1. The second kappa shape index (κ2) is 7.96. The van der Waals surface area contributed by atoms with E-state index in [0.717, 1.165) is 14.5 Å². The van der Waals surface area contributed by atoms with Crippen LogP contribution in [-0.2, 0) is 11.3 Å². The maximum absolute atomic E-state index is 14.5. The number of aliphatic carboxylic acids is 1. The molecule has 2 heterocycles. The molecule has 4 nitrogen and oxygen atoms in total. The Balaban J connectivity index is 2.06. The molecular formula is C23H20ClFINO3. The van der Waals surface area contributed by atoms with Crippen LogP contribution in [0, 0.1) is 9.39 Å². The number of hydrogen-bond donors (Lipinski definition) is 1. The molecule has 0 radical (unpaired) electrons. The number of fused-ring (bicyclic) bond motifs is 3. The number of nitrogens with zero attached hydrogens (tertiary/aromatic N) is 1. The predicted molar refractivity (Wildman–Crippen MR) is 123 cm³/mol. The van der Waals surface area contributed by atoms with Gasteiger partial charge in [-0.3, -0.25) is 9.59 Å². The molecule has 1 aliphatic rings. The van der Waals surface area contributed by atoms with Gasteiger partial charge in [-0.2, -0.15) is 0 Å². The summed E-state index contributed by atoms with van der Waals surface area (Å²) in [6, 6.07) is 8.04. The number of halogens is 3. The third-order valence-electron chi connectivity index (χ3n) is 5.73. The Hall–Kier alpha value is -1.93. The summed E-state index contributed by atoms with van der Waals surface area (Å²) in [6.45, 7) is 4.49. The van der Waals surface area contributed by atoms with E-state index >= 15 is 0 Å². The lowest BCUT2D eigenvalue weighted by molar-refractivity contribution is -0.137. The summed E-state index contributed by atoms with van der Waals surface area (Å²) in [4.78, 5) is 25.3. The molecule has 0 saturated carbocycles. The van der Waals surface area contributed by atoms with E-state index in [-0.39, 0.29) is 29.9 Å². The molecule has 0 aliphatic carbocycles. The minimum Gasteiger partial charge on any atom is -0.481 e. The summed E-state index contributed by atoms with van der Waals surface area (Å²) < 4.78 is 17.1. The number of benzene rings is 2. The zero-order valence-electron chi connectivity index (χ0n) is 16.5. The quantitative estimate of drug-likeness (QED) is 0.303. The van der Waals surface area contributed by atoms with Gasteiger partial charge in [0.15, 0.2) is 5.78 Å². The Morgan fingerprint density at radius 2 is 2.03 bits per heavy atom. The number of carboxylic acid groups (broad SMARTS) is 1. The molecule has 1 aromatic heterocycles. The molecule has 1 atom stereocenters. The Kier molecular flexibility index (Phi) is 5.66. The molecule has 1 N–H and O–H groups in total. The van der Waals surface area contributed by atoms with Gasteiger partial charge in [-0.1, -0.05) is 25.4 Å². The molecule has 0 spiro atoms. The van der Waals surface area contributed by atoms with Crippen molar-refractivity contribution in [1.29, 1.82) is 0 Å². The summed E-state index contributed by atoms with van der Waals surface area (Å²) in [5.74, 6) is -1.73. The van der Waals surface area contributed by atoms with Crippen molar-refractivity contribution in [3.63, 3.8) is 0 Å². The van der Waals surface area contributed by atoms with Crippen molar-refractivity contribution in [3.05, 3.63) is 67.1 Å². The monoisotopic (exact) mass is 539 g/mol. The first-order valence-corrected chi connectivity index (χ1v) is 11.2. The van der Waals surface area contributed by atoms with Crippen LogP contribution in [0.4, 0.5) is 4.39 Å². The van der Waals surface area contributed by atoms with E-state index in [2.05, 4.69) is 22.6 Å². The summed E-state index contributed by atoms with van der Waals surface area (Å²) in [6.07, 6.45) is 0.552. The molecule has 0 fully saturated rings. The molecule has 0 saturated heterocycles. The van der Waals surface area contributed by atoms with Crippen LogP contribution in [-0.4, -0.2) is 21.4 Å². The maximum atomic E-state index is 14.5. The molecule has 0 amide bonds. The Morgan fingerprint density at radius 1 is 1.30 bits per heavy atom. The van der Waals surface area contributed by atoms with Crippen molar-refractivity contribution in [2.75, 3.05) is 0 Å². The molecule has 1 aliphatic heterocycles. The average Bonchev–Trinajstić information content (AvgIpc) is 3.19. The number of hydrogen-bond acceptors (Lipinski definition) is 2.